The monoisotopic (exact) mass is 247 g/mol. The Morgan fingerprint density at radius 3 is 2.53 bits per heavy atom. The van der Waals surface area contributed by atoms with Gasteiger partial charge in [0.2, 0.25) is 0 Å². The SMILES string of the molecule is O=C(NCCS)c1cc2ccccc2cc1O. The normalized spacial score (nSPS) is 10.4. The third-order valence-corrected chi connectivity index (χ3v) is 2.73. The van der Waals surface area contributed by atoms with E-state index in [9.17, 15) is 9.90 Å². The molecule has 0 atom stereocenters. The van der Waals surface area contributed by atoms with Crippen molar-refractivity contribution >= 4 is 29.3 Å². The van der Waals surface area contributed by atoms with Gasteiger partial charge in [-0.3, -0.25) is 4.79 Å². The second-order valence-corrected chi connectivity index (χ2v) is 4.14. The van der Waals surface area contributed by atoms with Crippen molar-refractivity contribution in [2.45, 2.75) is 0 Å². The Balaban J connectivity index is 2.40. The molecule has 3 nitrogen and oxygen atoms in total. The first-order valence-corrected chi connectivity index (χ1v) is 5.96. The van der Waals surface area contributed by atoms with Crippen molar-refractivity contribution in [1.29, 1.82) is 0 Å². The number of rotatable bonds is 3. The summed E-state index contributed by atoms with van der Waals surface area (Å²) in [5, 5.41) is 14.3. The molecule has 4 heteroatoms. The lowest BCUT2D eigenvalue weighted by Gasteiger charge is -2.07. The molecule has 0 aliphatic carbocycles. The second-order valence-electron chi connectivity index (χ2n) is 3.70. The Morgan fingerprint density at radius 1 is 1.24 bits per heavy atom. The van der Waals surface area contributed by atoms with Gasteiger partial charge in [-0.25, -0.2) is 0 Å². The van der Waals surface area contributed by atoms with E-state index < -0.39 is 0 Å². The van der Waals surface area contributed by atoms with Crippen LogP contribution >= 0.6 is 12.6 Å². The highest BCUT2D eigenvalue weighted by atomic mass is 32.1. The van der Waals surface area contributed by atoms with E-state index in [-0.39, 0.29) is 11.7 Å². The molecule has 0 heterocycles. The first-order chi connectivity index (χ1) is 8.22. The molecule has 2 aromatic rings. The van der Waals surface area contributed by atoms with Crippen molar-refractivity contribution in [2.75, 3.05) is 12.3 Å². The molecular weight excluding hydrogens is 234 g/mol. The minimum absolute atomic E-state index is 0.000337. The number of amides is 1. The topological polar surface area (TPSA) is 49.3 Å². The number of hydrogen-bond donors (Lipinski definition) is 3. The van der Waals surface area contributed by atoms with Gasteiger partial charge in [0.25, 0.3) is 5.91 Å². The van der Waals surface area contributed by atoms with Crippen LogP contribution in [0.1, 0.15) is 10.4 Å². The number of thiol groups is 1. The fourth-order valence-electron chi connectivity index (χ4n) is 1.67. The van der Waals surface area contributed by atoms with Crippen LogP contribution in [0.2, 0.25) is 0 Å². The first-order valence-electron chi connectivity index (χ1n) is 5.33. The van der Waals surface area contributed by atoms with Crippen molar-refractivity contribution in [3.05, 3.63) is 42.0 Å². The number of phenols is 1. The Morgan fingerprint density at radius 2 is 1.88 bits per heavy atom. The summed E-state index contributed by atoms with van der Waals surface area (Å²) in [5.74, 6) is 0.294. The van der Waals surface area contributed by atoms with Crippen molar-refractivity contribution in [1.82, 2.24) is 5.32 Å². The molecule has 0 fully saturated rings. The Hall–Kier alpha value is -1.68. The maximum absolute atomic E-state index is 11.8. The van der Waals surface area contributed by atoms with Crippen LogP contribution in [-0.2, 0) is 0 Å². The van der Waals surface area contributed by atoms with Crippen LogP contribution in [-0.4, -0.2) is 23.3 Å². The van der Waals surface area contributed by atoms with Gasteiger partial charge in [-0.2, -0.15) is 12.6 Å². The molecule has 0 spiro atoms. The van der Waals surface area contributed by atoms with Crippen LogP contribution in [0, 0.1) is 0 Å². The van der Waals surface area contributed by atoms with E-state index in [0.29, 0.717) is 17.9 Å². The van der Waals surface area contributed by atoms with Gasteiger partial charge in [0, 0.05) is 12.3 Å². The average Bonchev–Trinajstić information content (AvgIpc) is 2.35. The van der Waals surface area contributed by atoms with E-state index in [4.69, 9.17) is 0 Å². The van der Waals surface area contributed by atoms with Crippen LogP contribution in [0.3, 0.4) is 0 Å². The lowest BCUT2D eigenvalue weighted by molar-refractivity contribution is 0.0953. The molecule has 1 amide bonds. The number of hydrogen-bond acceptors (Lipinski definition) is 3. The van der Waals surface area contributed by atoms with Crippen LogP contribution in [0.25, 0.3) is 10.8 Å². The minimum Gasteiger partial charge on any atom is -0.507 e. The van der Waals surface area contributed by atoms with Crippen LogP contribution in [0.4, 0.5) is 0 Å². The Labute approximate surface area is 105 Å². The van der Waals surface area contributed by atoms with Crippen molar-refractivity contribution < 1.29 is 9.90 Å². The van der Waals surface area contributed by atoms with E-state index in [1.807, 2.05) is 24.3 Å². The first kappa shape index (κ1) is 11.8. The lowest BCUT2D eigenvalue weighted by Crippen LogP contribution is -2.25. The summed E-state index contributed by atoms with van der Waals surface area (Å²) in [5.41, 5.74) is 0.297. The molecule has 2 N–H and O–H groups in total. The van der Waals surface area contributed by atoms with Crippen LogP contribution in [0.15, 0.2) is 36.4 Å². The number of fused-ring (bicyclic) bond motifs is 1. The van der Waals surface area contributed by atoms with Gasteiger partial charge in [0.15, 0.2) is 0 Å². The molecular formula is C13H13NO2S. The molecule has 0 aromatic heterocycles. The summed E-state index contributed by atoms with van der Waals surface area (Å²) < 4.78 is 0. The van der Waals surface area contributed by atoms with E-state index >= 15 is 0 Å². The number of aromatic hydroxyl groups is 1. The Kier molecular flexibility index (Phi) is 3.54. The summed E-state index contributed by atoms with van der Waals surface area (Å²) >= 11 is 4.02. The fourth-order valence-corrected chi connectivity index (χ4v) is 1.79. The molecule has 0 saturated heterocycles. The molecule has 17 heavy (non-hydrogen) atoms. The summed E-state index contributed by atoms with van der Waals surface area (Å²) in [7, 11) is 0. The lowest BCUT2D eigenvalue weighted by atomic mass is 10.1. The zero-order chi connectivity index (χ0) is 12.3. The Bertz CT molecular complexity index is 554. The van der Waals surface area contributed by atoms with Crippen LogP contribution < -0.4 is 5.32 Å². The number of phenolic OH excluding ortho intramolecular Hbond substituents is 1. The largest absolute Gasteiger partial charge is 0.507 e. The zero-order valence-electron chi connectivity index (χ0n) is 9.18. The predicted octanol–water partition coefficient (Wildman–Crippen LogP) is 2.21. The fraction of sp³-hybridized carbons (Fsp3) is 0.154. The van der Waals surface area contributed by atoms with Gasteiger partial charge >= 0.3 is 0 Å². The van der Waals surface area contributed by atoms with Gasteiger partial charge in [0.1, 0.15) is 5.75 Å². The number of nitrogens with one attached hydrogen (secondary N) is 1. The van der Waals surface area contributed by atoms with Crippen LogP contribution in [0.5, 0.6) is 5.75 Å². The molecule has 88 valence electrons. The van der Waals surface area contributed by atoms with E-state index in [2.05, 4.69) is 17.9 Å². The highest BCUT2D eigenvalue weighted by molar-refractivity contribution is 7.80. The smallest absolute Gasteiger partial charge is 0.255 e. The maximum atomic E-state index is 11.8. The van der Waals surface area contributed by atoms with E-state index in [1.165, 1.54) is 0 Å². The molecule has 0 saturated carbocycles. The third-order valence-electron chi connectivity index (χ3n) is 2.51. The van der Waals surface area contributed by atoms with Gasteiger partial charge in [0.05, 0.1) is 5.56 Å². The van der Waals surface area contributed by atoms with Gasteiger partial charge < -0.3 is 10.4 Å². The summed E-state index contributed by atoms with van der Waals surface area (Å²) in [6.45, 7) is 0.480. The standard InChI is InChI=1S/C13H13NO2S/c15-12-8-10-4-2-1-3-9(10)7-11(12)13(16)14-5-6-17/h1-4,7-8,15,17H,5-6H2,(H,14,16). The quantitative estimate of drug-likeness (QED) is 0.728. The highest BCUT2D eigenvalue weighted by Crippen LogP contribution is 2.24. The highest BCUT2D eigenvalue weighted by Gasteiger charge is 2.11. The molecule has 0 radical (unpaired) electrons. The molecule has 0 bridgehead atoms. The molecule has 2 aromatic carbocycles. The molecule has 2 rings (SSSR count). The molecule has 0 aliphatic rings. The van der Waals surface area contributed by atoms with Gasteiger partial charge in [-0.1, -0.05) is 24.3 Å². The zero-order valence-corrected chi connectivity index (χ0v) is 10.1. The average molecular weight is 247 g/mol. The number of carbonyl (C=O) groups excluding carboxylic acids is 1. The van der Waals surface area contributed by atoms with Crippen molar-refractivity contribution in [3.63, 3.8) is 0 Å². The summed E-state index contributed by atoms with van der Waals surface area (Å²) in [6.07, 6.45) is 0. The predicted molar refractivity (Wildman–Crippen MR) is 71.8 cm³/mol. The van der Waals surface area contributed by atoms with E-state index in [0.717, 1.165) is 10.8 Å². The van der Waals surface area contributed by atoms with Crippen molar-refractivity contribution in [3.8, 4) is 5.75 Å². The summed E-state index contributed by atoms with van der Waals surface area (Å²) in [4.78, 5) is 11.8. The summed E-state index contributed by atoms with van der Waals surface area (Å²) in [6, 6.07) is 10.9. The molecule has 0 aliphatic heterocycles. The number of benzene rings is 2. The minimum atomic E-state index is -0.276. The number of carbonyl (C=O) groups is 1. The molecule has 0 unspecified atom stereocenters. The van der Waals surface area contributed by atoms with E-state index in [1.54, 1.807) is 12.1 Å². The third kappa shape index (κ3) is 2.53. The van der Waals surface area contributed by atoms with Gasteiger partial charge in [-0.15, -0.1) is 0 Å². The van der Waals surface area contributed by atoms with Gasteiger partial charge in [-0.05, 0) is 22.9 Å². The second kappa shape index (κ2) is 5.10. The van der Waals surface area contributed by atoms with Crippen molar-refractivity contribution in [2.24, 2.45) is 0 Å². The maximum Gasteiger partial charge on any atom is 0.255 e.